The molecule has 1 aromatic rings. The molecule has 0 atom stereocenters. The van der Waals surface area contributed by atoms with Gasteiger partial charge in [-0.1, -0.05) is 11.6 Å². The minimum Gasteiger partial charge on any atom is -0.506 e. The molecule has 7 nitrogen and oxygen atoms in total. The number of carbonyl (C=O) groups is 1. The molecule has 0 saturated carbocycles. The number of carbonyl (C=O) groups excluding carboxylic acids is 1. The third kappa shape index (κ3) is 4.30. The molecule has 1 aromatic carbocycles. The summed E-state index contributed by atoms with van der Waals surface area (Å²) >= 11 is 5.64. The lowest BCUT2D eigenvalue weighted by Crippen LogP contribution is -2.35. The second-order valence-corrected chi connectivity index (χ2v) is 4.94. The van der Waals surface area contributed by atoms with Crippen molar-refractivity contribution in [1.82, 2.24) is 4.72 Å². The summed E-state index contributed by atoms with van der Waals surface area (Å²) in [5.74, 6) is -0.325. The first-order valence-corrected chi connectivity index (χ1v) is 6.66. The molecule has 0 fully saturated rings. The van der Waals surface area contributed by atoms with E-state index in [2.05, 4.69) is 4.74 Å². The van der Waals surface area contributed by atoms with Gasteiger partial charge in [-0.3, -0.25) is 4.72 Å². The number of phenolic OH excluding ortho intramolecular Hbond substituents is 1. The number of rotatable bonds is 4. The van der Waals surface area contributed by atoms with Gasteiger partial charge in [0.2, 0.25) is 0 Å². The van der Waals surface area contributed by atoms with E-state index in [9.17, 15) is 18.3 Å². The molecule has 0 saturated heterocycles. The molecule has 0 heterocycles. The molecule has 0 spiro atoms. The van der Waals surface area contributed by atoms with E-state index in [0.717, 1.165) is 0 Å². The maximum absolute atomic E-state index is 11.5. The Morgan fingerprint density at radius 2 is 2.17 bits per heavy atom. The van der Waals surface area contributed by atoms with E-state index < -0.39 is 16.3 Å². The van der Waals surface area contributed by atoms with Crippen LogP contribution >= 0.6 is 11.6 Å². The van der Waals surface area contributed by atoms with Crippen molar-refractivity contribution in [3.63, 3.8) is 0 Å². The molecule has 1 amide bonds. The smallest absolute Gasteiger partial charge is 0.422 e. The van der Waals surface area contributed by atoms with Crippen molar-refractivity contribution < 1.29 is 23.1 Å². The van der Waals surface area contributed by atoms with Crippen LogP contribution in [-0.4, -0.2) is 26.2 Å². The highest BCUT2D eigenvalue weighted by Gasteiger charge is 2.16. The number of phenols is 1. The molecule has 1 rings (SSSR count). The number of halogens is 1. The third-order valence-electron chi connectivity index (χ3n) is 1.70. The Morgan fingerprint density at radius 1 is 1.50 bits per heavy atom. The Bertz CT molecular complexity index is 546. The van der Waals surface area contributed by atoms with Gasteiger partial charge >= 0.3 is 16.3 Å². The summed E-state index contributed by atoms with van der Waals surface area (Å²) in [6.07, 6.45) is -1.12. The first kappa shape index (κ1) is 14.4. The van der Waals surface area contributed by atoms with E-state index in [0.29, 0.717) is 0 Å². The summed E-state index contributed by atoms with van der Waals surface area (Å²) < 4.78 is 30.9. The van der Waals surface area contributed by atoms with Gasteiger partial charge in [0.15, 0.2) is 0 Å². The van der Waals surface area contributed by atoms with Gasteiger partial charge in [-0.05, 0) is 25.1 Å². The second kappa shape index (κ2) is 5.78. The average Bonchev–Trinajstić information content (AvgIpc) is 2.22. The molecule has 9 heteroatoms. The lowest BCUT2D eigenvalue weighted by Gasteiger charge is -2.10. The Hall–Kier alpha value is -1.67. The third-order valence-corrected chi connectivity index (χ3v) is 2.86. The second-order valence-electron chi connectivity index (χ2n) is 3.09. The molecule has 0 bridgehead atoms. The summed E-state index contributed by atoms with van der Waals surface area (Å²) in [4.78, 5) is 11.0. The average molecular weight is 295 g/mol. The Morgan fingerprint density at radius 3 is 2.78 bits per heavy atom. The number of hydrogen-bond acceptors (Lipinski definition) is 5. The molecule has 18 heavy (non-hydrogen) atoms. The van der Waals surface area contributed by atoms with Crippen molar-refractivity contribution in [3.8, 4) is 5.75 Å². The zero-order valence-corrected chi connectivity index (χ0v) is 10.9. The largest absolute Gasteiger partial charge is 0.506 e. The molecule has 0 unspecified atom stereocenters. The molecule has 100 valence electrons. The van der Waals surface area contributed by atoms with E-state index in [1.807, 2.05) is 4.72 Å². The van der Waals surface area contributed by atoms with Crippen LogP contribution in [0.25, 0.3) is 0 Å². The normalized spacial score (nSPS) is 10.8. The molecule has 0 aliphatic rings. The summed E-state index contributed by atoms with van der Waals surface area (Å²) in [7, 11) is -4.19. The van der Waals surface area contributed by atoms with Gasteiger partial charge in [-0.15, -0.1) is 0 Å². The van der Waals surface area contributed by atoms with Crippen LogP contribution in [0.15, 0.2) is 18.2 Å². The van der Waals surface area contributed by atoms with Crippen LogP contribution in [0, 0.1) is 0 Å². The minimum atomic E-state index is -4.19. The molecular formula is C9H11ClN2O5S. The Balaban J connectivity index is 2.82. The number of aromatic hydroxyl groups is 1. The minimum absolute atomic E-state index is 0.0315. The van der Waals surface area contributed by atoms with E-state index in [-0.39, 0.29) is 23.1 Å². The van der Waals surface area contributed by atoms with Crippen LogP contribution < -0.4 is 9.44 Å². The highest BCUT2D eigenvalue weighted by Crippen LogP contribution is 2.27. The van der Waals surface area contributed by atoms with Gasteiger partial charge in [-0.2, -0.15) is 8.42 Å². The zero-order chi connectivity index (χ0) is 13.8. The number of hydrogen-bond donors (Lipinski definition) is 3. The Kier molecular flexibility index (Phi) is 4.62. The van der Waals surface area contributed by atoms with Crippen molar-refractivity contribution in [1.29, 1.82) is 0 Å². The van der Waals surface area contributed by atoms with Gasteiger partial charge in [-0.25, -0.2) is 9.52 Å². The fourth-order valence-electron chi connectivity index (χ4n) is 1.03. The highest BCUT2D eigenvalue weighted by atomic mass is 35.5. The molecular weight excluding hydrogens is 284 g/mol. The van der Waals surface area contributed by atoms with Crippen molar-refractivity contribution >= 4 is 33.6 Å². The number of anilines is 1. The van der Waals surface area contributed by atoms with Crippen LogP contribution in [0.1, 0.15) is 6.92 Å². The highest BCUT2D eigenvalue weighted by molar-refractivity contribution is 7.91. The van der Waals surface area contributed by atoms with Crippen molar-refractivity contribution in [2.45, 2.75) is 6.92 Å². The van der Waals surface area contributed by atoms with Crippen molar-refractivity contribution in [2.75, 3.05) is 11.3 Å². The van der Waals surface area contributed by atoms with Crippen LogP contribution in [0.4, 0.5) is 10.5 Å². The lowest BCUT2D eigenvalue weighted by molar-refractivity contribution is 0.159. The fraction of sp³-hybridized carbons (Fsp3) is 0.222. The van der Waals surface area contributed by atoms with Crippen molar-refractivity contribution in [2.24, 2.45) is 0 Å². The maximum Gasteiger partial charge on any atom is 0.422 e. The van der Waals surface area contributed by atoms with Crippen molar-refractivity contribution in [3.05, 3.63) is 23.2 Å². The summed E-state index contributed by atoms with van der Waals surface area (Å²) in [6, 6.07) is 3.79. The first-order chi connectivity index (χ1) is 8.34. The summed E-state index contributed by atoms with van der Waals surface area (Å²) in [6.45, 7) is 1.56. The molecule has 0 aliphatic carbocycles. The number of nitrogens with one attached hydrogen (secondary N) is 2. The Labute approximate surface area is 109 Å². The van der Waals surface area contributed by atoms with E-state index in [4.69, 9.17) is 11.6 Å². The zero-order valence-electron chi connectivity index (χ0n) is 9.31. The van der Waals surface area contributed by atoms with E-state index in [1.54, 1.807) is 4.72 Å². The molecule has 3 N–H and O–H groups in total. The van der Waals surface area contributed by atoms with Crippen LogP contribution in [0.2, 0.25) is 5.02 Å². The van der Waals surface area contributed by atoms with Gasteiger partial charge in [0.25, 0.3) is 0 Å². The number of benzene rings is 1. The standard InChI is InChI=1S/C9H11ClN2O5S/c1-2-17-9(14)12-18(15,16)11-7-5-6(10)3-4-8(7)13/h3-5,11,13H,2H2,1H3,(H,12,14). The summed E-state index contributed by atoms with van der Waals surface area (Å²) in [5.41, 5.74) is -0.153. The predicted molar refractivity (Wildman–Crippen MR) is 65.8 cm³/mol. The SMILES string of the molecule is CCOC(=O)NS(=O)(=O)Nc1cc(Cl)ccc1O. The molecule has 0 radical (unpaired) electrons. The fourth-order valence-corrected chi connectivity index (χ4v) is 1.99. The van der Waals surface area contributed by atoms with E-state index >= 15 is 0 Å². The van der Waals surface area contributed by atoms with Gasteiger partial charge in [0.1, 0.15) is 5.75 Å². The van der Waals surface area contributed by atoms with Gasteiger partial charge < -0.3 is 9.84 Å². The summed E-state index contributed by atoms with van der Waals surface area (Å²) in [5, 5.41) is 9.63. The monoisotopic (exact) mass is 294 g/mol. The van der Waals surface area contributed by atoms with Gasteiger partial charge in [0, 0.05) is 5.02 Å². The topological polar surface area (TPSA) is 105 Å². The van der Waals surface area contributed by atoms with Gasteiger partial charge in [0.05, 0.1) is 12.3 Å². The van der Waals surface area contributed by atoms with Crippen LogP contribution in [-0.2, 0) is 14.9 Å². The lowest BCUT2D eigenvalue weighted by atomic mass is 10.3. The molecule has 0 aromatic heterocycles. The van der Waals surface area contributed by atoms with E-state index in [1.165, 1.54) is 25.1 Å². The van der Waals surface area contributed by atoms with Crippen LogP contribution in [0.5, 0.6) is 5.75 Å². The predicted octanol–water partition coefficient (Wildman–Crippen LogP) is 1.45. The first-order valence-electron chi connectivity index (χ1n) is 4.80. The maximum atomic E-state index is 11.5. The molecule has 0 aliphatic heterocycles. The number of ether oxygens (including phenoxy) is 1. The number of amides is 1. The quantitative estimate of drug-likeness (QED) is 0.729. The van der Waals surface area contributed by atoms with Crippen LogP contribution in [0.3, 0.4) is 0 Å².